The monoisotopic (exact) mass is 229 g/mol. The molecule has 17 heavy (non-hydrogen) atoms. The van der Waals surface area contributed by atoms with Gasteiger partial charge in [0, 0.05) is 18.0 Å². The molecule has 0 saturated heterocycles. The van der Waals surface area contributed by atoms with Crippen LogP contribution in [0.25, 0.3) is 0 Å². The average molecular weight is 229 g/mol. The van der Waals surface area contributed by atoms with Crippen molar-refractivity contribution in [3.8, 4) is 5.75 Å². The maximum atomic E-state index is 10.00. The van der Waals surface area contributed by atoms with Crippen molar-refractivity contribution in [3.05, 3.63) is 59.9 Å². The van der Waals surface area contributed by atoms with E-state index in [4.69, 9.17) is 4.74 Å². The summed E-state index contributed by atoms with van der Waals surface area (Å²) in [5.74, 6) is 0.757. The molecule has 1 N–H and O–H groups in total. The molecular formula is C14H15NO2. The summed E-state index contributed by atoms with van der Waals surface area (Å²) in [4.78, 5) is 4.01. The van der Waals surface area contributed by atoms with Gasteiger partial charge in [0.25, 0.3) is 0 Å². The highest BCUT2D eigenvalue weighted by Gasteiger charge is 2.10. The fourth-order valence-electron chi connectivity index (χ4n) is 1.61. The number of hydrogen-bond donors (Lipinski definition) is 1. The Balaban J connectivity index is 1.99. The minimum atomic E-state index is -0.649. The van der Waals surface area contributed by atoms with Crippen molar-refractivity contribution in [2.24, 2.45) is 0 Å². The number of ether oxygens (including phenoxy) is 1. The molecule has 0 spiro atoms. The Kier molecular flexibility index (Phi) is 3.73. The van der Waals surface area contributed by atoms with Crippen molar-refractivity contribution in [2.45, 2.75) is 13.0 Å². The first-order chi connectivity index (χ1) is 8.27. The number of para-hydroxylation sites is 1. The van der Waals surface area contributed by atoms with Crippen molar-refractivity contribution in [1.82, 2.24) is 4.98 Å². The molecule has 0 saturated carbocycles. The third-order valence-electron chi connectivity index (χ3n) is 2.59. The first-order valence-electron chi connectivity index (χ1n) is 5.54. The van der Waals surface area contributed by atoms with Gasteiger partial charge in [-0.3, -0.25) is 4.98 Å². The summed E-state index contributed by atoms with van der Waals surface area (Å²) in [6.45, 7) is 2.18. The lowest BCUT2D eigenvalue weighted by Gasteiger charge is -2.14. The topological polar surface area (TPSA) is 42.4 Å². The van der Waals surface area contributed by atoms with Gasteiger partial charge in [-0.2, -0.15) is 0 Å². The standard InChI is InChI=1S/C14H15NO2/c1-11-7-8-15-9-13(11)14(16)10-17-12-5-3-2-4-6-12/h2-9,14,16H,10H2,1H3. The molecule has 0 amide bonds. The Labute approximate surface area is 101 Å². The highest BCUT2D eigenvalue weighted by atomic mass is 16.5. The van der Waals surface area contributed by atoms with E-state index < -0.39 is 6.10 Å². The van der Waals surface area contributed by atoms with E-state index in [0.717, 1.165) is 16.9 Å². The SMILES string of the molecule is Cc1ccncc1C(O)COc1ccccc1. The Morgan fingerprint density at radius 2 is 2.00 bits per heavy atom. The Hall–Kier alpha value is -1.87. The molecule has 1 unspecified atom stereocenters. The van der Waals surface area contributed by atoms with Gasteiger partial charge in [0.1, 0.15) is 18.5 Å². The summed E-state index contributed by atoms with van der Waals surface area (Å²) >= 11 is 0. The van der Waals surface area contributed by atoms with Crippen molar-refractivity contribution >= 4 is 0 Å². The Morgan fingerprint density at radius 1 is 1.24 bits per heavy atom. The zero-order valence-electron chi connectivity index (χ0n) is 9.71. The number of pyridine rings is 1. The minimum absolute atomic E-state index is 0.233. The van der Waals surface area contributed by atoms with Crippen molar-refractivity contribution < 1.29 is 9.84 Å². The van der Waals surface area contributed by atoms with Gasteiger partial charge in [-0.1, -0.05) is 18.2 Å². The zero-order valence-corrected chi connectivity index (χ0v) is 9.71. The van der Waals surface area contributed by atoms with Gasteiger partial charge in [0.15, 0.2) is 0 Å². The van der Waals surface area contributed by atoms with Crippen molar-refractivity contribution in [1.29, 1.82) is 0 Å². The predicted molar refractivity (Wildman–Crippen MR) is 65.9 cm³/mol. The van der Waals surface area contributed by atoms with Crippen LogP contribution in [-0.2, 0) is 0 Å². The summed E-state index contributed by atoms with van der Waals surface area (Å²) in [7, 11) is 0. The number of aliphatic hydroxyl groups excluding tert-OH is 1. The van der Waals surface area contributed by atoms with E-state index in [1.54, 1.807) is 12.4 Å². The first kappa shape index (κ1) is 11.6. The third kappa shape index (κ3) is 3.04. The van der Waals surface area contributed by atoms with Crippen LogP contribution in [0.15, 0.2) is 48.8 Å². The third-order valence-corrected chi connectivity index (χ3v) is 2.59. The van der Waals surface area contributed by atoms with Gasteiger partial charge in [0.05, 0.1) is 0 Å². The first-order valence-corrected chi connectivity index (χ1v) is 5.54. The smallest absolute Gasteiger partial charge is 0.119 e. The van der Waals surface area contributed by atoms with Gasteiger partial charge in [-0.25, -0.2) is 0 Å². The summed E-state index contributed by atoms with van der Waals surface area (Å²) < 4.78 is 5.50. The van der Waals surface area contributed by atoms with Crippen LogP contribution in [0.2, 0.25) is 0 Å². The fourth-order valence-corrected chi connectivity index (χ4v) is 1.61. The second-order valence-corrected chi connectivity index (χ2v) is 3.87. The molecule has 2 rings (SSSR count). The number of benzene rings is 1. The van der Waals surface area contributed by atoms with E-state index >= 15 is 0 Å². The molecule has 0 aliphatic heterocycles. The quantitative estimate of drug-likeness (QED) is 0.875. The summed E-state index contributed by atoms with van der Waals surface area (Å²) in [6.07, 6.45) is 2.74. The van der Waals surface area contributed by atoms with Crippen LogP contribution in [0, 0.1) is 6.92 Å². The number of aryl methyl sites for hydroxylation is 1. The van der Waals surface area contributed by atoms with Gasteiger partial charge in [-0.05, 0) is 30.7 Å². The average Bonchev–Trinajstić information content (AvgIpc) is 2.38. The Bertz CT molecular complexity index is 471. The maximum absolute atomic E-state index is 10.00. The summed E-state index contributed by atoms with van der Waals surface area (Å²) in [5, 5.41) is 10.00. The molecule has 1 heterocycles. The molecule has 88 valence electrons. The van der Waals surface area contributed by atoms with E-state index in [2.05, 4.69) is 4.98 Å². The molecule has 0 fully saturated rings. The number of aliphatic hydroxyl groups is 1. The molecule has 0 bridgehead atoms. The number of hydrogen-bond acceptors (Lipinski definition) is 3. The van der Waals surface area contributed by atoms with Crippen LogP contribution in [0.4, 0.5) is 0 Å². The maximum Gasteiger partial charge on any atom is 0.119 e. The molecular weight excluding hydrogens is 214 g/mol. The van der Waals surface area contributed by atoms with E-state index in [9.17, 15) is 5.11 Å². The molecule has 1 aromatic heterocycles. The molecule has 3 nitrogen and oxygen atoms in total. The van der Waals surface area contributed by atoms with E-state index in [0.29, 0.717) is 0 Å². The van der Waals surface area contributed by atoms with E-state index in [1.165, 1.54) is 0 Å². The second kappa shape index (κ2) is 5.46. The minimum Gasteiger partial charge on any atom is -0.491 e. The molecule has 3 heteroatoms. The summed E-state index contributed by atoms with van der Waals surface area (Å²) in [6, 6.07) is 11.3. The molecule has 1 atom stereocenters. The van der Waals surface area contributed by atoms with Gasteiger partial charge < -0.3 is 9.84 Å². The van der Waals surface area contributed by atoms with Crippen LogP contribution in [0.3, 0.4) is 0 Å². The number of aromatic nitrogens is 1. The fraction of sp³-hybridized carbons (Fsp3) is 0.214. The van der Waals surface area contributed by atoms with Crippen LogP contribution >= 0.6 is 0 Å². The molecule has 1 aromatic carbocycles. The van der Waals surface area contributed by atoms with E-state index in [1.807, 2.05) is 43.3 Å². The van der Waals surface area contributed by atoms with Crippen molar-refractivity contribution in [3.63, 3.8) is 0 Å². The van der Waals surface area contributed by atoms with Crippen LogP contribution in [0.1, 0.15) is 17.2 Å². The largest absolute Gasteiger partial charge is 0.491 e. The number of rotatable bonds is 4. The van der Waals surface area contributed by atoms with E-state index in [-0.39, 0.29) is 6.61 Å². The highest BCUT2D eigenvalue weighted by Crippen LogP contribution is 2.18. The van der Waals surface area contributed by atoms with Gasteiger partial charge in [0.2, 0.25) is 0 Å². The molecule has 0 aliphatic carbocycles. The molecule has 0 radical (unpaired) electrons. The van der Waals surface area contributed by atoms with Crippen LogP contribution in [0.5, 0.6) is 5.75 Å². The van der Waals surface area contributed by atoms with Gasteiger partial charge >= 0.3 is 0 Å². The summed E-state index contributed by atoms with van der Waals surface area (Å²) in [5.41, 5.74) is 1.83. The zero-order chi connectivity index (χ0) is 12.1. The lowest BCUT2D eigenvalue weighted by Crippen LogP contribution is -2.11. The Morgan fingerprint density at radius 3 is 2.71 bits per heavy atom. The van der Waals surface area contributed by atoms with Crippen LogP contribution in [-0.4, -0.2) is 16.7 Å². The lowest BCUT2D eigenvalue weighted by atomic mass is 10.1. The van der Waals surface area contributed by atoms with Crippen molar-refractivity contribution in [2.75, 3.05) is 6.61 Å². The molecule has 0 aliphatic rings. The number of nitrogens with zero attached hydrogens (tertiary/aromatic N) is 1. The normalized spacial score (nSPS) is 12.1. The van der Waals surface area contributed by atoms with Crippen LogP contribution < -0.4 is 4.74 Å². The van der Waals surface area contributed by atoms with Gasteiger partial charge in [-0.15, -0.1) is 0 Å². The predicted octanol–water partition coefficient (Wildman–Crippen LogP) is 2.50. The highest BCUT2D eigenvalue weighted by molar-refractivity contribution is 5.25. The lowest BCUT2D eigenvalue weighted by molar-refractivity contribution is 0.107. The second-order valence-electron chi connectivity index (χ2n) is 3.87. The molecule has 2 aromatic rings.